The lowest BCUT2D eigenvalue weighted by Crippen LogP contribution is -2.26. The zero-order valence-corrected chi connectivity index (χ0v) is 12.2. The molecule has 0 aliphatic carbocycles. The van der Waals surface area contributed by atoms with Crippen LogP contribution >= 0.6 is 0 Å². The van der Waals surface area contributed by atoms with Crippen LogP contribution in [0.1, 0.15) is 11.1 Å². The van der Waals surface area contributed by atoms with E-state index in [4.69, 9.17) is 0 Å². The molecule has 2 heterocycles. The first kappa shape index (κ1) is 14.4. The fourth-order valence-electron chi connectivity index (χ4n) is 2.38. The second-order valence-electron chi connectivity index (χ2n) is 5.10. The molecular formula is C15H15F2N5. The van der Waals surface area contributed by atoms with Gasteiger partial charge in [-0.25, -0.2) is 9.97 Å². The summed E-state index contributed by atoms with van der Waals surface area (Å²) in [4.78, 5) is 8.11. The van der Waals surface area contributed by atoms with Crippen LogP contribution in [0.2, 0.25) is 0 Å². The maximum Gasteiger partial charge on any atom is 0.290 e. The van der Waals surface area contributed by atoms with Crippen molar-refractivity contribution < 1.29 is 8.78 Å². The lowest BCUT2D eigenvalue weighted by atomic mass is 10.0. The number of nitrogens with zero attached hydrogens (tertiary/aromatic N) is 4. The number of halogens is 2. The summed E-state index contributed by atoms with van der Waals surface area (Å²) in [6.45, 7) is 1.13. The van der Waals surface area contributed by atoms with E-state index in [-0.39, 0.29) is 5.56 Å². The van der Waals surface area contributed by atoms with Gasteiger partial charge < -0.3 is 5.32 Å². The molecule has 0 saturated carbocycles. The number of fused-ring (bicyclic) bond motifs is 1. The molecule has 0 atom stereocenters. The number of aryl methyl sites for hydroxylation is 2. The molecule has 3 rings (SSSR count). The highest BCUT2D eigenvalue weighted by Crippen LogP contribution is 2.31. The van der Waals surface area contributed by atoms with Gasteiger partial charge in [-0.05, 0) is 12.5 Å². The standard InChI is InChI=1S/C15H15F2N5/c1-10-5-3-4-6-12(10)15(16,17)8-18-13-11-7-21-22(2)14(11)20-9-19-13/h3-7,9H,8H2,1-2H3,(H,18,19,20). The fourth-order valence-corrected chi connectivity index (χ4v) is 2.38. The van der Waals surface area contributed by atoms with Crippen molar-refractivity contribution in [3.63, 3.8) is 0 Å². The quantitative estimate of drug-likeness (QED) is 0.805. The number of alkyl halides is 2. The van der Waals surface area contributed by atoms with Crippen molar-refractivity contribution in [2.75, 3.05) is 11.9 Å². The van der Waals surface area contributed by atoms with Gasteiger partial charge in [-0.2, -0.15) is 13.9 Å². The van der Waals surface area contributed by atoms with Gasteiger partial charge in [-0.3, -0.25) is 4.68 Å². The molecule has 114 valence electrons. The van der Waals surface area contributed by atoms with Crippen molar-refractivity contribution in [1.29, 1.82) is 0 Å². The lowest BCUT2D eigenvalue weighted by Gasteiger charge is -2.19. The van der Waals surface area contributed by atoms with E-state index in [1.54, 1.807) is 43.0 Å². The number of hydrogen-bond acceptors (Lipinski definition) is 4. The molecule has 2 aromatic heterocycles. The zero-order chi connectivity index (χ0) is 15.7. The molecule has 0 spiro atoms. The second kappa shape index (κ2) is 5.32. The Labute approximate surface area is 126 Å². The molecule has 0 fully saturated rings. The summed E-state index contributed by atoms with van der Waals surface area (Å²) in [5, 5.41) is 7.39. The predicted molar refractivity (Wildman–Crippen MR) is 79.9 cm³/mol. The molecule has 5 nitrogen and oxygen atoms in total. The van der Waals surface area contributed by atoms with Crippen molar-refractivity contribution in [1.82, 2.24) is 19.7 Å². The number of benzene rings is 1. The molecule has 3 aromatic rings. The van der Waals surface area contributed by atoms with Crippen LogP contribution in [-0.4, -0.2) is 26.3 Å². The minimum atomic E-state index is -3.00. The molecule has 0 saturated heterocycles. The molecule has 0 bridgehead atoms. The summed E-state index contributed by atoms with van der Waals surface area (Å²) in [5.41, 5.74) is 1.17. The molecule has 0 aliphatic rings. The van der Waals surface area contributed by atoms with Crippen LogP contribution in [0.15, 0.2) is 36.8 Å². The van der Waals surface area contributed by atoms with Crippen molar-refractivity contribution >= 4 is 16.9 Å². The molecule has 0 radical (unpaired) electrons. The van der Waals surface area contributed by atoms with E-state index in [0.717, 1.165) is 0 Å². The van der Waals surface area contributed by atoms with Crippen LogP contribution in [0.5, 0.6) is 0 Å². The van der Waals surface area contributed by atoms with E-state index in [1.807, 2.05) is 0 Å². The van der Waals surface area contributed by atoms with E-state index in [2.05, 4.69) is 20.4 Å². The van der Waals surface area contributed by atoms with Crippen LogP contribution < -0.4 is 5.32 Å². The summed E-state index contributed by atoms with van der Waals surface area (Å²) in [6.07, 6.45) is 2.89. The van der Waals surface area contributed by atoms with Gasteiger partial charge in [0, 0.05) is 12.6 Å². The summed E-state index contributed by atoms with van der Waals surface area (Å²) in [7, 11) is 1.74. The Balaban J connectivity index is 1.86. The maximum absolute atomic E-state index is 14.4. The number of aromatic nitrogens is 4. The van der Waals surface area contributed by atoms with E-state index < -0.39 is 12.5 Å². The third-order valence-corrected chi connectivity index (χ3v) is 3.55. The minimum Gasteiger partial charge on any atom is -0.363 e. The van der Waals surface area contributed by atoms with Gasteiger partial charge in [-0.1, -0.05) is 24.3 Å². The average molecular weight is 303 g/mol. The molecule has 1 N–H and O–H groups in total. The number of anilines is 1. The smallest absolute Gasteiger partial charge is 0.290 e. The van der Waals surface area contributed by atoms with Gasteiger partial charge in [0.2, 0.25) is 0 Å². The number of nitrogens with one attached hydrogen (secondary N) is 1. The Hall–Kier alpha value is -2.57. The maximum atomic E-state index is 14.4. The van der Waals surface area contributed by atoms with Gasteiger partial charge in [0.05, 0.1) is 18.1 Å². The Morgan fingerprint density at radius 1 is 1.23 bits per heavy atom. The fraction of sp³-hybridized carbons (Fsp3) is 0.267. The van der Waals surface area contributed by atoms with Crippen molar-refractivity contribution in [3.8, 4) is 0 Å². The Bertz CT molecular complexity index is 813. The SMILES string of the molecule is Cc1ccccc1C(F)(F)CNc1ncnc2c1cnn2C. The molecule has 7 heteroatoms. The highest BCUT2D eigenvalue weighted by Gasteiger charge is 2.33. The molecule has 0 aliphatic heterocycles. The summed E-state index contributed by atoms with van der Waals surface area (Å²) in [6, 6.07) is 6.47. The van der Waals surface area contributed by atoms with Gasteiger partial charge in [0.25, 0.3) is 5.92 Å². The Morgan fingerprint density at radius 2 is 2.00 bits per heavy atom. The molecular weight excluding hydrogens is 288 g/mol. The molecule has 1 aromatic carbocycles. The highest BCUT2D eigenvalue weighted by molar-refractivity contribution is 5.85. The zero-order valence-electron chi connectivity index (χ0n) is 12.2. The number of rotatable bonds is 4. The van der Waals surface area contributed by atoms with Gasteiger partial charge in [0.15, 0.2) is 5.65 Å². The van der Waals surface area contributed by atoms with Crippen LogP contribution in [0, 0.1) is 6.92 Å². The van der Waals surface area contributed by atoms with Crippen molar-refractivity contribution in [2.24, 2.45) is 7.05 Å². The third kappa shape index (κ3) is 2.49. The Morgan fingerprint density at radius 3 is 2.77 bits per heavy atom. The van der Waals surface area contributed by atoms with Gasteiger partial charge in [-0.15, -0.1) is 0 Å². The highest BCUT2D eigenvalue weighted by atomic mass is 19.3. The largest absolute Gasteiger partial charge is 0.363 e. The monoisotopic (exact) mass is 303 g/mol. The van der Waals surface area contributed by atoms with E-state index in [1.165, 1.54) is 12.4 Å². The first-order chi connectivity index (χ1) is 10.5. The van der Waals surface area contributed by atoms with Crippen LogP contribution in [0.4, 0.5) is 14.6 Å². The second-order valence-corrected chi connectivity index (χ2v) is 5.10. The first-order valence-corrected chi connectivity index (χ1v) is 6.79. The molecule has 0 amide bonds. The van der Waals surface area contributed by atoms with E-state index in [9.17, 15) is 8.78 Å². The lowest BCUT2D eigenvalue weighted by molar-refractivity contribution is 0.00993. The summed E-state index contributed by atoms with van der Waals surface area (Å²) < 4.78 is 30.3. The van der Waals surface area contributed by atoms with Gasteiger partial charge >= 0.3 is 0 Å². The molecule has 22 heavy (non-hydrogen) atoms. The normalized spacial score (nSPS) is 11.8. The average Bonchev–Trinajstić information content (AvgIpc) is 2.88. The van der Waals surface area contributed by atoms with Crippen molar-refractivity contribution in [3.05, 3.63) is 47.9 Å². The van der Waals surface area contributed by atoms with Crippen molar-refractivity contribution in [2.45, 2.75) is 12.8 Å². The summed E-state index contributed by atoms with van der Waals surface area (Å²) in [5.74, 6) is -2.64. The Kier molecular flexibility index (Phi) is 3.48. The van der Waals surface area contributed by atoms with Crippen LogP contribution in [0.25, 0.3) is 11.0 Å². The summed E-state index contributed by atoms with van der Waals surface area (Å²) >= 11 is 0. The molecule has 0 unspecified atom stereocenters. The topological polar surface area (TPSA) is 55.6 Å². The van der Waals surface area contributed by atoms with E-state index >= 15 is 0 Å². The third-order valence-electron chi connectivity index (χ3n) is 3.55. The first-order valence-electron chi connectivity index (χ1n) is 6.79. The van der Waals surface area contributed by atoms with Crippen LogP contribution in [0.3, 0.4) is 0 Å². The predicted octanol–water partition coefficient (Wildman–Crippen LogP) is 2.88. The number of hydrogen-bond donors (Lipinski definition) is 1. The van der Waals surface area contributed by atoms with Crippen LogP contribution in [-0.2, 0) is 13.0 Å². The van der Waals surface area contributed by atoms with E-state index in [0.29, 0.717) is 22.4 Å². The van der Waals surface area contributed by atoms with Gasteiger partial charge in [0.1, 0.15) is 12.1 Å². The minimum absolute atomic E-state index is 0.0130.